The highest BCUT2D eigenvalue weighted by atomic mass is 16.5. The van der Waals surface area contributed by atoms with Gasteiger partial charge in [-0.3, -0.25) is 9.59 Å². The minimum absolute atomic E-state index is 0.0374. The summed E-state index contributed by atoms with van der Waals surface area (Å²) in [7, 11) is 0. The van der Waals surface area contributed by atoms with Gasteiger partial charge in [-0.2, -0.15) is 0 Å². The SMILES string of the molecule is CCCNC(=O)C(Cc1ccccc1)N(Cc1ccc(C)cc1)C(=O)COc1ccc(C(C)(C)C)cc1. The lowest BCUT2D eigenvalue weighted by Crippen LogP contribution is -2.51. The van der Waals surface area contributed by atoms with Gasteiger partial charge < -0.3 is 15.0 Å². The summed E-state index contributed by atoms with van der Waals surface area (Å²) in [6.45, 7) is 11.3. The summed E-state index contributed by atoms with van der Waals surface area (Å²) in [4.78, 5) is 28.7. The van der Waals surface area contributed by atoms with Crippen LogP contribution in [0.2, 0.25) is 0 Å². The molecule has 2 amide bonds. The molecule has 0 aromatic heterocycles. The number of rotatable bonds is 11. The minimum Gasteiger partial charge on any atom is -0.484 e. The Morgan fingerprint density at radius 3 is 2.14 bits per heavy atom. The zero-order valence-electron chi connectivity index (χ0n) is 22.8. The van der Waals surface area contributed by atoms with Gasteiger partial charge in [-0.15, -0.1) is 0 Å². The maximum Gasteiger partial charge on any atom is 0.261 e. The van der Waals surface area contributed by atoms with Crippen molar-refractivity contribution in [2.75, 3.05) is 13.2 Å². The van der Waals surface area contributed by atoms with Crippen molar-refractivity contribution in [1.29, 1.82) is 0 Å². The number of benzene rings is 3. The fraction of sp³-hybridized carbons (Fsp3) is 0.375. The van der Waals surface area contributed by atoms with Crippen molar-refractivity contribution in [3.8, 4) is 5.75 Å². The average Bonchev–Trinajstić information content (AvgIpc) is 2.89. The lowest BCUT2D eigenvalue weighted by Gasteiger charge is -2.31. The third-order valence-electron chi connectivity index (χ3n) is 6.38. The van der Waals surface area contributed by atoms with Crippen LogP contribution in [0, 0.1) is 6.92 Å². The van der Waals surface area contributed by atoms with Gasteiger partial charge in [-0.05, 0) is 47.6 Å². The molecule has 0 bridgehead atoms. The zero-order chi connectivity index (χ0) is 26.8. The van der Waals surface area contributed by atoms with Crippen molar-refractivity contribution in [3.63, 3.8) is 0 Å². The number of aryl methyl sites for hydroxylation is 1. The third-order valence-corrected chi connectivity index (χ3v) is 6.38. The van der Waals surface area contributed by atoms with Gasteiger partial charge >= 0.3 is 0 Å². The van der Waals surface area contributed by atoms with E-state index in [1.165, 1.54) is 5.56 Å². The summed E-state index contributed by atoms with van der Waals surface area (Å²) in [5.41, 5.74) is 4.35. The third kappa shape index (κ3) is 8.49. The molecule has 37 heavy (non-hydrogen) atoms. The van der Waals surface area contributed by atoms with Crippen LogP contribution in [-0.4, -0.2) is 35.9 Å². The predicted octanol–water partition coefficient (Wildman–Crippen LogP) is 5.84. The minimum atomic E-state index is -0.658. The molecule has 0 radical (unpaired) electrons. The van der Waals surface area contributed by atoms with Crippen LogP contribution < -0.4 is 10.1 Å². The monoisotopic (exact) mass is 500 g/mol. The molecular formula is C32H40N2O3. The first-order chi connectivity index (χ1) is 17.7. The Morgan fingerprint density at radius 2 is 1.54 bits per heavy atom. The molecule has 0 spiro atoms. The Bertz CT molecular complexity index is 1130. The van der Waals surface area contributed by atoms with Gasteiger partial charge in [0, 0.05) is 19.5 Å². The van der Waals surface area contributed by atoms with Crippen molar-refractivity contribution < 1.29 is 14.3 Å². The second-order valence-corrected chi connectivity index (χ2v) is 10.6. The molecule has 0 aliphatic rings. The van der Waals surface area contributed by atoms with Crippen LogP contribution >= 0.6 is 0 Å². The molecular weight excluding hydrogens is 460 g/mol. The van der Waals surface area contributed by atoms with E-state index in [0.717, 1.165) is 23.1 Å². The molecule has 1 unspecified atom stereocenters. The molecule has 3 aromatic carbocycles. The highest BCUT2D eigenvalue weighted by Crippen LogP contribution is 2.24. The van der Waals surface area contributed by atoms with Crippen molar-refractivity contribution in [2.24, 2.45) is 0 Å². The largest absolute Gasteiger partial charge is 0.484 e. The van der Waals surface area contributed by atoms with E-state index in [4.69, 9.17) is 4.74 Å². The van der Waals surface area contributed by atoms with Crippen molar-refractivity contribution in [3.05, 3.63) is 101 Å². The van der Waals surface area contributed by atoms with Crippen molar-refractivity contribution >= 4 is 11.8 Å². The van der Waals surface area contributed by atoms with Gasteiger partial charge in [0.1, 0.15) is 11.8 Å². The molecule has 0 aliphatic heterocycles. The number of amides is 2. The summed E-state index contributed by atoms with van der Waals surface area (Å²) in [5.74, 6) is 0.250. The van der Waals surface area contributed by atoms with E-state index in [1.807, 2.05) is 92.7 Å². The number of nitrogens with one attached hydrogen (secondary N) is 1. The highest BCUT2D eigenvalue weighted by Gasteiger charge is 2.30. The van der Waals surface area contributed by atoms with E-state index >= 15 is 0 Å². The lowest BCUT2D eigenvalue weighted by molar-refractivity contribution is -0.142. The number of carbonyl (C=O) groups is 2. The summed E-state index contributed by atoms with van der Waals surface area (Å²) >= 11 is 0. The quantitative estimate of drug-likeness (QED) is 0.360. The van der Waals surface area contributed by atoms with E-state index in [9.17, 15) is 9.59 Å². The van der Waals surface area contributed by atoms with Gasteiger partial charge in [-0.1, -0.05) is 100.0 Å². The number of hydrogen-bond donors (Lipinski definition) is 1. The van der Waals surface area contributed by atoms with E-state index in [1.54, 1.807) is 4.90 Å². The fourth-order valence-electron chi connectivity index (χ4n) is 4.09. The zero-order valence-corrected chi connectivity index (χ0v) is 22.8. The van der Waals surface area contributed by atoms with Crippen LogP contribution in [0.3, 0.4) is 0 Å². The molecule has 0 heterocycles. The number of carbonyl (C=O) groups excluding carboxylic acids is 2. The molecule has 1 N–H and O–H groups in total. The molecule has 196 valence electrons. The van der Waals surface area contributed by atoms with Crippen molar-refractivity contribution in [1.82, 2.24) is 10.2 Å². The number of nitrogens with zero attached hydrogens (tertiary/aromatic N) is 1. The van der Waals surface area contributed by atoms with Crippen LogP contribution in [0.25, 0.3) is 0 Å². The van der Waals surface area contributed by atoms with E-state index in [0.29, 0.717) is 25.3 Å². The molecule has 5 nitrogen and oxygen atoms in total. The number of hydrogen-bond acceptors (Lipinski definition) is 3. The Hall–Kier alpha value is -3.60. The highest BCUT2D eigenvalue weighted by molar-refractivity contribution is 5.88. The average molecular weight is 501 g/mol. The second kappa shape index (κ2) is 13.1. The number of ether oxygens (including phenoxy) is 1. The topological polar surface area (TPSA) is 58.6 Å². The van der Waals surface area contributed by atoms with Crippen molar-refractivity contribution in [2.45, 2.75) is 65.5 Å². The standard InChI is InChI=1S/C32H40N2O3/c1-6-20-33-31(36)29(21-25-10-8-7-9-11-25)34(22-26-14-12-24(2)13-15-26)30(35)23-37-28-18-16-27(17-19-28)32(3,4)5/h7-19,29H,6,20-23H2,1-5H3,(H,33,36). The molecule has 5 heteroatoms. The molecule has 0 fully saturated rings. The molecule has 0 saturated carbocycles. The van der Waals surface area contributed by atoms with Gasteiger partial charge in [-0.25, -0.2) is 0 Å². The smallest absolute Gasteiger partial charge is 0.261 e. The summed E-state index contributed by atoms with van der Waals surface area (Å²) in [6.07, 6.45) is 1.25. The summed E-state index contributed by atoms with van der Waals surface area (Å²) in [6, 6.07) is 25.1. The molecule has 1 atom stereocenters. The molecule has 3 aromatic rings. The Balaban J connectivity index is 1.85. The van der Waals surface area contributed by atoms with E-state index < -0.39 is 6.04 Å². The van der Waals surface area contributed by atoms with Crippen LogP contribution in [-0.2, 0) is 28.0 Å². The first-order valence-corrected chi connectivity index (χ1v) is 13.1. The van der Waals surface area contributed by atoms with Crippen LogP contribution in [0.5, 0.6) is 5.75 Å². The van der Waals surface area contributed by atoms with E-state index in [-0.39, 0.29) is 23.8 Å². The first-order valence-electron chi connectivity index (χ1n) is 13.1. The van der Waals surface area contributed by atoms with Crippen LogP contribution in [0.1, 0.15) is 56.4 Å². The molecule has 0 saturated heterocycles. The normalized spacial score (nSPS) is 12.0. The van der Waals surface area contributed by atoms with Gasteiger partial charge in [0.15, 0.2) is 6.61 Å². The molecule has 3 rings (SSSR count). The predicted molar refractivity (Wildman–Crippen MR) is 150 cm³/mol. The Labute approximate surface area is 221 Å². The molecule has 0 aliphatic carbocycles. The lowest BCUT2D eigenvalue weighted by atomic mass is 9.87. The maximum absolute atomic E-state index is 13.6. The second-order valence-electron chi connectivity index (χ2n) is 10.6. The summed E-state index contributed by atoms with van der Waals surface area (Å²) in [5, 5.41) is 3.00. The summed E-state index contributed by atoms with van der Waals surface area (Å²) < 4.78 is 5.91. The first kappa shape index (κ1) is 28.0. The maximum atomic E-state index is 13.6. The Kier molecular flexibility index (Phi) is 9.90. The van der Waals surface area contributed by atoms with Gasteiger partial charge in [0.25, 0.3) is 5.91 Å². The van der Waals surface area contributed by atoms with E-state index in [2.05, 4.69) is 26.1 Å². The Morgan fingerprint density at radius 1 is 0.892 bits per heavy atom. The van der Waals surface area contributed by atoms with Gasteiger partial charge in [0.05, 0.1) is 0 Å². The van der Waals surface area contributed by atoms with Crippen LogP contribution in [0.4, 0.5) is 0 Å². The fourth-order valence-corrected chi connectivity index (χ4v) is 4.09. The van der Waals surface area contributed by atoms with Crippen LogP contribution in [0.15, 0.2) is 78.9 Å². The van der Waals surface area contributed by atoms with Gasteiger partial charge in [0.2, 0.25) is 5.91 Å².